The predicted molar refractivity (Wildman–Crippen MR) is 53.1 cm³/mol. The van der Waals surface area contributed by atoms with Crippen LogP contribution in [0.2, 0.25) is 0 Å². The van der Waals surface area contributed by atoms with Crippen LogP contribution >= 0.6 is 15.9 Å². The van der Waals surface area contributed by atoms with Crippen LogP contribution in [0.25, 0.3) is 0 Å². The first-order valence-corrected chi connectivity index (χ1v) is 4.69. The summed E-state index contributed by atoms with van der Waals surface area (Å²) in [7, 11) is 1.74. The smallest absolute Gasteiger partial charge is 0.154 e. The normalized spacial score (nSPS) is 12.9. The van der Waals surface area contributed by atoms with E-state index in [1.54, 1.807) is 11.7 Å². The highest BCUT2D eigenvalue weighted by atomic mass is 79.9. The molecule has 0 aromatic carbocycles. The number of rotatable bonds is 3. The van der Waals surface area contributed by atoms with Crippen molar-refractivity contribution in [2.45, 2.75) is 19.4 Å². The Hall–Kier alpha value is -0.680. The summed E-state index contributed by atoms with van der Waals surface area (Å²) in [6.45, 7) is 5.61. The molecule has 5 heteroatoms. The molecular formula is C8H12BrN3O. The van der Waals surface area contributed by atoms with Crippen molar-refractivity contribution in [2.75, 3.05) is 0 Å². The largest absolute Gasteiger partial charge is 0.386 e. The van der Waals surface area contributed by atoms with Gasteiger partial charge in [0.25, 0.3) is 0 Å². The van der Waals surface area contributed by atoms with Crippen LogP contribution in [0.3, 0.4) is 0 Å². The van der Waals surface area contributed by atoms with Crippen LogP contribution in [0.4, 0.5) is 0 Å². The van der Waals surface area contributed by atoms with Gasteiger partial charge in [0.1, 0.15) is 11.8 Å². The average molecular weight is 246 g/mol. The van der Waals surface area contributed by atoms with E-state index in [9.17, 15) is 5.11 Å². The quantitative estimate of drug-likeness (QED) is 0.823. The number of aliphatic hydroxyl groups excluding tert-OH is 1. The van der Waals surface area contributed by atoms with E-state index < -0.39 is 6.10 Å². The molecule has 0 aliphatic carbocycles. The maximum absolute atomic E-state index is 9.75. The molecule has 1 aromatic rings. The maximum Gasteiger partial charge on any atom is 0.154 e. The Labute approximate surface area is 85.4 Å². The van der Waals surface area contributed by atoms with Crippen molar-refractivity contribution in [2.24, 2.45) is 7.05 Å². The van der Waals surface area contributed by atoms with Crippen molar-refractivity contribution in [3.8, 4) is 0 Å². The Morgan fingerprint density at radius 3 is 2.77 bits per heavy atom. The molecule has 0 amide bonds. The zero-order valence-corrected chi connectivity index (χ0v) is 9.24. The Balaban J connectivity index is 2.87. The zero-order valence-electron chi connectivity index (χ0n) is 7.66. The Kier molecular flexibility index (Phi) is 3.22. The first kappa shape index (κ1) is 10.4. The van der Waals surface area contributed by atoms with Crippen LogP contribution in [0.15, 0.2) is 16.8 Å². The van der Waals surface area contributed by atoms with Gasteiger partial charge in [0, 0.05) is 7.05 Å². The monoisotopic (exact) mass is 245 g/mol. The fourth-order valence-corrected chi connectivity index (χ4v) is 1.71. The van der Waals surface area contributed by atoms with E-state index in [0.29, 0.717) is 16.7 Å². The van der Waals surface area contributed by atoms with Crippen molar-refractivity contribution in [1.29, 1.82) is 0 Å². The Morgan fingerprint density at radius 1 is 1.77 bits per heavy atom. The second kappa shape index (κ2) is 4.02. The van der Waals surface area contributed by atoms with Crippen molar-refractivity contribution >= 4 is 15.9 Å². The van der Waals surface area contributed by atoms with Gasteiger partial charge in [-0.25, -0.2) is 4.68 Å². The van der Waals surface area contributed by atoms with Gasteiger partial charge in [0.2, 0.25) is 0 Å². The van der Waals surface area contributed by atoms with Crippen LogP contribution < -0.4 is 0 Å². The molecule has 4 nitrogen and oxygen atoms in total. The summed E-state index contributed by atoms with van der Waals surface area (Å²) in [6.07, 6.45) is -0.0633. The highest BCUT2D eigenvalue weighted by Crippen LogP contribution is 2.24. The van der Waals surface area contributed by atoms with Gasteiger partial charge in [-0.2, -0.15) is 0 Å². The van der Waals surface area contributed by atoms with Crippen molar-refractivity contribution < 1.29 is 5.11 Å². The molecule has 0 saturated carbocycles. The molecule has 0 aliphatic heterocycles. The molecule has 1 atom stereocenters. The number of nitrogens with zero attached hydrogens (tertiary/aromatic N) is 3. The topological polar surface area (TPSA) is 50.9 Å². The van der Waals surface area contributed by atoms with E-state index in [1.807, 2.05) is 6.92 Å². The summed E-state index contributed by atoms with van der Waals surface area (Å²) in [6, 6.07) is 0. The molecule has 1 unspecified atom stereocenters. The molecule has 0 spiro atoms. The first-order valence-electron chi connectivity index (χ1n) is 3.90. The lowest BCUT2D eigenvalue weighted by atomic mass is 10.1. The first-order chi connectivity index (χ1) is 6.02. The molecule has 0 fully saturated rings. The van der Waals surface area contributed by atoms with Gasteiger partial charge in [-0.3, -0.25) is 0 Å². The third kappa shape index (κ3) is 2.38. The maximum atomic E-state index is 9.75. The average Bonchev–Trinajstić information content (AvgIpc) is 2.29. The number of aliphatic hydroxyl groups is 1. The zero-order chi connectivity index (χ0) is 10.0. The lowest BCUT2D eigenvalue weighted by molar-refractivity contribution is 0.168. The van der Waals surface area contributed by atoms with E-state index in [-0.39, 0.29) is 0 Å². The SMILES string of the molecule is C=C(C)CC(O)c1c(Br)nnn1C. The molecule has 0 aliphatic rings. The van der Waals surface area contributed by atoms with Crippen molar-refractivity contribution in [3.63, 3.8) is 0 Å². The standard InChI is InChI=1S/C8H12BrN3O/c1-5(2)4-6(13)7-8(9)10-11-12(7)3/h6,13H,1,4H2,2-3H3. The number of hydrogen-bond donors (Lipinski definition) is 1. The van der Waals surface area contributed by atoms with Gasteiger partial charge in [0.15, 0.2) is 4.60 Å². The van der Waals surface area contributed by atoms with Crippen molar-refractivity contribution in [3.05, 3.63) is 22.4 Å². The molecule has 1 aromatic heterocycles. The molecule has 13 heavy (non-hydrogen) atoms. The molecule has 1 N–H and O–H groups in total. The molecule has 0 radical (unpaired) electrons. The van der Waals surface area contributed by atoms with E-state index in [0.717, 1.165) is 5.57 Å². The van der Waals surface area contributed by atoms with Crippen LogP contribution in [-0.2, 0) is 7.05 Å². The number of hydrogen-bond acceptors (Lipinski definition) is 3. The highest BCUT2D eigenvalue weighted by Gasteiger charge is 2.17. The summed E-state index contributed by atoms with van der Waals surface area (Å²) in [5, 5.41) is 17.3. The third-order valence-electron chi connectivity index (χ3n) is 1.68. The van der Waals surface area contributed by atoms with Crippen LogP contribution in [0.5, 0.6) is 0 Å². The van der Waals surface area contributed by atoms with E-state index in [1.165, 1.54) is 0 Å². The van der Waals surface area contributed by atoms with E-state index >= 15 is 0 Å². The van der Waals surface area contributed by atoms with Crippen LogP contribution in [0, 0.1) is 0 Å². The second-order valence-corrected chi connectivity index (χ2v) is 3.82. The Morgan fingerprint density at radius 2 is 2.38 bits per heavy atom. The van der Waals surface area contributed by atoms with Crippen molar-refractivity contribution in [1.82, 2.24) is 15.0 Å². The van der Waals surface area contributed by atoms with Gasteiger partial charge >= 0.3 is 0 Å². The summed E-state index contributed by atoms with van der Waals surface area (Å²) >= 11 is 3.22. The molecule has 72 valence electrons. The summed E-state index contributed by atoms with van der Waals surface area (Å²) in [5.74, 6) is 0. The lowest BCUT2D eigenvalue weighted by Gasteiger charge is -2.09. The van der Waals surface area contributed by atoms with Gasteiger partial charge < -0.3 is 5.11 Å². The third-order valence-corrected chi connectivity index (χ3v) is 2.25. The number of aryl methyl sites for hydroxylation is 1. The fourth-order valence-electron chi connectivity index (χ4n) is 1.12. The van der Waals surface area contributed by atoms with Gasteiger partial charge in [-0.15, -0.1) is 11.7 Å². The van der Waals surface area contributed by atoms with Crippen LogP contribution in [0.1, 0.15) is 25.1 Å². The van der Waals surface area contributed by atoms with Gasteiger partial charge in [-0.1, -0.05) is 10.8 Å². The number of aromatic nitrogens is 3. The summed E-state index contributed by atoms with van der Waals surface area (Å²) in [4.78, 5) is 0. The van der Waals surface area contributed by atoms with Gasteiger partial charge in [-0.05, 0) is 29.3 Å². The molecule has 1 heterocycles. The van der Waals surface area contributed by atoms with Gasteiger partial charge in [0.05, 0.1) is 0 Å². The Bertz CT molecular complexity index is 302. The predicted octanol–water partition coefficient (Wildman–Crippen LogP) is 1.58. The van der Waals surface area contributed by atoms with E-state index in [2.05, 4.69) is 32.8 Å². The minimum atomic E-state index is -0.591. The molecule has 1 rings (SSSR count). The fraction of sp³-hybridized carbons (Fsp3) is 0.500. The molecular weight excluding hydrogens is 234 g/mol. The summed E-state index contributed by atoms with van der Waals surface area (Å²) in [5.41, 5.74) is 1.61. The number of halogens is 1. The minimum Gasteiger partial charge on any atom is -0.386 e. The summed E-state index contributed by atoms with van der Waals surface area (Å²) < 4.78 is 2.14. The highest BCUT2D eigenvalue weighted by molar-refractivity contribution is 9.10. The minimum absolute atomic E-state index is 0.528. The lowest BCUT2D eigenvalue weighted by Crippen LogP contribution is -2.06. The molecule has 0 saturated heterocycles. The van der Waals surface area contributed by atoms with E-state index in [4.69, 9.17) is 0 Å². The molecule has 0 bridgehead atoms. The second-order valence-electron chi connectivity index (χ2n) is 3.07. The van der Waals surface area contributed by atoms with Crippen LogP contribution in [-0.4, -0.2) is 20.1 Å².